The maximum absolute atomic E-state index is 10.6. The highest BCUT2D eigenvalue weighted by Crippen LogP contribution is 2.26. The molecule has 1 aliphatic carbocycles. The third kappa shape index (κ3) is 3.80. The molecule has 1 rings (SSSR count). The van der Waals surface area contributed by atoms with Crippen LogP contribution in [0.3, 0.4) is 0 Å². The summed E-state index contributed by atoms with van der Waals surface area (Å²) in [6, 6.07) is 0. The first-order valence-corrected chi connectivity index (χ1v) is 5.41. The van der Waals surface area contributed by atoms with Gasteiger partial charge < -0.3 is 0 Å². The number of rotatable bonds is 2. The summed E-state index contributed by atoms with van der Waals surface area (Å²) in [7, 11) is 0. The zero-order chi connectivity index (χ0) is 8.10. The van der Waals surface area contributed by atoms with Gasteiger partial charge in [-0.05, 0) is 18.8 Å². The third-order valence-corrected chi connectivity index (χ3v) is 3.29. The smallest absolute Gasteiger partial charge is 0.185 e. The minimum atomic E-state index is 0.274. The van der Waals surface area contributed by atoms with Crippen LogP contribution in [0.2, 0.25) is 0 Å². The maximum Gasteiger partial charge on any atom is 0.185 e. The molecule has 0 aromatic heterocycles. The van der Waals surface area contributed by atoms with Crippen molar-refractivity contribution in [1.29, 1.82) is 0 Å². The van der Waals surface area contributed by atoms with Gasteiger partial charge in [-0.3, -0.25) is 4.79 Å². The van der Waals surface area contributed by atoms with Crippen molar-refractivity contribution in [2.75, 3.05) is 5.75 Å². The van der Waals surface area contributed by atoms with E-state index >= 15 is 0 Å². The number of thioether (sulfide) groups is 1. The number of carbonyl (C=O) groups excluding carboxylic acids is 1. The van der Waals surface area contributed by atoms with Crippen molar-refractivity contribution in [2.45, 2.75) is 39.0 Å². The Morgan fingerprint density at radius 3 is 2.55 bits per heavy atom. The molecule has 0 aliphatic heterocycles. The van der Waals surface area contributed by atoms with Gasteiger partial charge in [-0.2, -0.15) is 0 Å². The van der Waals surface area contributed by atoms with Crippen molar-refractivity contribution >= 4 is 16.9 Å². The Labute approximate surface area is 72.9 Å². The minimum Gasteiger partial charge on any atom is -0.288 e. The summed E-state index contributed by atoms with van der Waals surface area (Å²) in [4.78, 5) is 10.6. The Morgan fingerprint density at radius 1 is 1.36 bits per heavy atom. The molecule has 0 aromatic rings. The summed E-state index contributed by atoms with van der Waals surface area (Å²) in [5.41, 5.74) is 0. The number of carbonyl (C=O) groups is 1. The fraction of sp³-hybridized carbons (Fsp3) is 0.889. The van der Waals surface area contributed by atoms with Gasteiger partial charge in [0.05, 0.1) is 0 Å². The van der Waals surface area contributed by atoms with E-state index in [0.29, 0.717) is 0 Å². The van der Waals surface area contributed by atoms with Gasteiger partial charge in [0, 0.05) is 12.7 Å². The van der Waals surface area contributed by atoms with E-state index in [1.807, 2.05) is 0 Å². The van der Waals surface area contributed by atoms with E-state index in [1.54, 1.807) is 6.92 Å². The number of hydrogen-bond donors (Lipinski definition) is 0. The second-order valence-electron chi connectivity index (χ2n) is 3.31. The standard InChI is InChI=1S/C9H16OS/c1-8(10)11-7-9-5-3-2-4-6-9/h9H,2-7H2,1H3. The van der Waals surface area contributed by atoms with E-state index in [4.69, 9.17) is 0 Å². The maximum atomic E-state index is 10.6. The predicted molar refractivity (Wildman–Crippen MR) is 49.7 cm³/mol. The van der Waals surface area contributed by atoms with Gasteiger partial charge in [-0.25, -0.2) is 0 Å². The van der Waals surface area contributed by atoms with Crippen LogP contribution in [0, 0.1) is 5.92 Å². The zero-order valence-corrected chi connectivity index (χ0v) is 7.95. The molecule has 1 nitrogen and oxygen atoms in total. The summed E-state index contributed by atoms with van der Waals surface area (Å²) in [5.74, 6) is 1.90. The molecule has 0 N–H and O–H groups in total. The average molecular weight is 172 g/mol. The molecule has 0 bridgehead atoms. The molecule has 1 aliphatic rings. The van der Waals surface area contributed by atoms with Crippen molar-refractivity contribution in [2.24, 2.45) is 5.92 Å². The molecule has 64 valence electrons. The van der Waals surface area contributed by atoms with Crippen molar-refractivity contribution < 1.29 is 4.79 Å². The lowest BCUT2D eigenvalue weighted by Crippen LogP contribution is -2.09. The van der Waals surface area contributed by atoms with Crippen molar-refractivity contribution in [3.05, 3.63) is 0 Å². The van der Waals surface area contributed by atoms with Gasteiger partial charge in [0.15, 0.2) is 5.12 Å². The van der Waals surface area contributed by atoms with Gasteiger partial charge in [-0.15, -0.1) is 0 Å². The molecule has 0 spiro atoms. The first-order chi connectivity index (χ1) is 5.29. The lowest BCUT2D eigenvalue weighted by Gasteiger charge is -2.20. The van der Waals surface area contributed by atoms with Crippen molar-refractivity contribution in [3.63, 3.8) is 0 Å². The monoisotopic (exact) mass is 172 g/mol. The highest BCUT2D eigenvalue weighted by Gasteiger charge is 2.13. The first kappa shape index (κ1) is 9.11. The van der Waals surface area contributed by atoms with E-state index in [9.17, 15) is 4.79 Å². The Morgan fingerprint density at radius 2 is 2.00 bits per heavy atom. The van der Waals surface area contributed by atoms with Crippen LogP contribution in [-0.4, -0.2) is 10.9 Å². The highest BCUT2D eigenvalue weighted by atomic mass is 32.2. The SMILES string of the molecule is CC(=O)SCC1CCCCC1. The third-order valence-electron chi connectivity index (χ3n) is 2.25. The molecule has 0 atom stereocenters. The summed E-state index contributed by atoms with van der Waals surface area (Å²) in [6.45, 7) is 1.66. The van der Waals surface area contributed by atoms with E-state index < -0.39 is 0 Å². The first-order valence-electron chi connectivity index (χ1n) is 4.42. The van der Waals surface area contributed by atoms with Crippen LogP contribution in [0.1, 0.15) is 39.0 Å². The quantitative estimate of drug-likeness (QED) is 0.637. The van der Waals surface area contributed by atoms with Crippen LogP contribution < -0.4 is 0 Å². The lowest BCUT2D eigenvalue weighted by molar-refractivity contribution is -0.109. The molecule has 0 unspecified atom stereocenters. The highest BCUT2D eigenvalue weighted by molar-refractivity contribution is 8.13. The predicted octanol–water partition coefficient (Wildman–Crippen LogP) is 2.85. The van der Waals surface area contributed by atoms with Gasteiger partial charge in [-0.1, -0.05) is 31.0 Å². The van der Waals surface area contributed by atoms with Crippen LogP contribution in [0.15, 0.2) is 0 Å². The Bertz CT molecular complexity index is 128. The van der Waals surface area contributed by atoms with Gasteiger partial charge >= 0.3 is 0 Å². The fourth-order valence-electron chi connectivity index (χ4n) is 1.59. The van der Waals surface area contributed by atoms with E-state index in [-0.39, 0.29) is 5.12 Å². The second-order valence-corrected chi connectivity index (χ2v) is 4.50. The normalized spacial score (nSPS) is 20.1. The van der Waals surface area contributed by atoms with Crippen molar-refractivity contribution in [1.82, 2.24) is 0 Å². The molecule has 0 amide bonds. The molecule has 0 heterocycles. The van der Waals surface area contributed by atoms with Gasteiger partial charge in [0.25, 0.3) is 0 Å². The van der Waals surface area contributed by atoms with E-state index in [2.05, 4.69) is 0 Å². The molecule has 11 heavy (non-hydrogen) atoms. The lowest BCUT2D eigenvalue weighted by atomic mass is 9.91. The molecule has 2 heteroatoms. The molecule has 1 fully saturated rings. The second kappa shape index (κ2) is 4.81. The van der Waals surface area contributed by atoms with Crippen LogP contribution in [0.4, 0.5) is 0 Å². The molecular weight excluding hydrogens is 156 g/mol. The Hall–Kier alpha value is 0.0200. The topological polar surface area (TPSA) is 17.1 Å². The summed E-state index contributed by atoms with van der Waals surface area (Å²) >= 11 is 1.50. The van der Waals surface area contributed by atoms with Gasteiger partial charge in [0.1, 0.15) is 0 Å². The van der Waals surface area contributed by atoms with Gasteiger partial charge in [0.2, 0.25) is 0 Å². The van der Waals surface area contributed by atoms with Crippen LogP contribution in [0.5, 0.6) is 0 Å². The fourth-order valence-corrected chi connectivity index (χ4v) is 2.39. The van der Waals surface area contributed by atoms with E-state index in [0.717, 1.165) is 11.7 Å². The summed E-state index contributed by atoms with van der Waals surface area (Å²) in [5, 5.41) is 0.274. The molecule has 0 saturated heterocycles. The molecule has 0 radical (unpaired) electrons. The van der Waals surface area contributed by atoms with Crippen LogP contribution in [-0.2, 0) is 4.79 Å². The number of hydrogen-bond acceptors (Lipinski definition) is 2. The largest absolute Gasteiger partial charge is 0.288 e. The Kier molecular flexibility index (Phi) is 3.98. The minimum absolute atomic E-state index is 0.274. The Balaban J connectivity index is 2.09. The van der Waals surface area contributed by atoms with Crippen LogP contribution in [0.25, 0.3) is 0 Å². The molecule has 0 aromatic carbocycles. The molecular formula is C9H16OS. The summed E-state index contributed by atoms with van der Waals surface area (Å²) < 4.78 is 0. The summed E-state index contributed by atoms with van der Waals surface area (Å²) in [6.07, 6.45) is 6.86. The van der Waals surface area contributed by atoms with E-state index in [1.165, 1.54) is 43.9 Å². The van der Waals surface area contributed by atoms with Crippen molar-refractivity contribution in [3.8, 4) is 0 Å². The average Bonchev–Trinajstić information content (AvgIpc) is 2.03. The zero-order valence-electron chi connectivity index (χ0n) is 7.14. The molecule has 1 saturated carbocycles. The van der Waals surface area contributed by atoms with Crippen LogP contribution >= 0.6 is 11.8 Å².